The SMILES string of the molecule is CCN(CC(C)C)c1ccc(C(C)=O)c(N)c1. The van der Waals surface area contributed by atoms with Gasteiger partial charge in [-0.3, -0.25) is 4.79 Å². The van der Waals surface area contributed by atoms with Crippen molar-refractivity contribution >= 4 is 17.2 Å². The standard InChI is InChI=1S/C14H22N2O/c1-5-16(9-10(2)3)12-6-7-13(11(4)17)14(15)8-12/h6-8,10H,5,9,15H2,1-4H3. The molecule has 3 heteroatoms. The van der Waals surface area contributed by atoms with Gasteiger partial charge in [0.05, 0.1) is 0 Å². The first kappa shape index (κ1) is 13.6. The number of rotatable bonds is 5. The van der Waals surface area contributed by atoms with Gasteiger partial charge in [0.15, 0.2) is 5.78 Å². The monoisotopic (exact) mass is 234 g/mol. The molecular formula is C14H22N2O. The number of benzene rings is 1. The van der Waals surface area contributed by atoms with Crippen LogP contribution in [0.25, 0.3) is 0 Å². The van der Waals surface area contributed by atoms with E-state index in [9.17, 15) is 4.79 Å². The van der Waals surface area contributed by atoms with Gasteiger partial charge in [-0.15, -0.1) is 0 Å². The molecule has 0 atom stereocenters. The van der Waals surface area contributed by atoms with Crippen molar-refractivity contribution in [2.75, 3.05) is 23.7 Å². The normalized spacial score (nSPS) is 10.6. The fraction of sp³-hybridized carbons (Fsp3) is 0.500. The molecule has 1 aromatic carbocycles. The van der Waals surface area contributed by atoms with Crippen molar-refractivity contribution < 1.29 is 4.79 Å². The lowest BCUT2D eigenvalue weighted by molar-refractivity contribution is 0.101. The van der Waals surface area contributed by atoms with E-state index >= 15 is 0 Å². The maximum Gasteiger partial charge on any atom is 0.161 e. The Hall–Kier alpha value is -1.51. The topological polar surface area (TPSA) is 46.3 Å². The van der Waals surface area contributed by atoms with Crippen molar-refractivity contribution in [3.63, 3.8) is 0 Å². The Kier molecular flexibility index (Phi) is 4.55. The van der Waals surface area contributed by atoms with E-state index in [0.29, 0.717) is 17.2 Å². The van der Waals surface area contributed by atoms with E-state index < -0.39 is 0 Å². The first-order valence-electron chi connectivity index (χ1n) is 6.11. The van der Waals surface area contributed by atoms with Gasteiger partial charge in [0.25, 0.3) is 0 Å². The fourth-order valence-corrected chi connectivity index (χ4v) is 1.93. The molecule has 17 heavy (non-hydrogen) atoms. The van der Waals surface area contributed by atoms with E-state index in [0.717, 1.165) is 18.8 Å². The molecule has 0 radical (unpaired) electrons. The van der Waals surface area contributed by atoms with Gasteiger partial charge in [-0.1, -0.05) is 13.8 Å². The van der Waals surface area contributed by atoms with E-state index in [1.807, 2.05) is 18.2 Å². The zero-order valence-corrected chi connectivity index (χ0v) is 11.2. The summed E-state index contributed by atoms with van der Waals surface area (Å²) in [7, 11) is 0. The van der Waals surface area contributed by atoms with Crippen molar-refractivity contribution in [1.29, 1.82) is 0 Å². The van der Waals surface area contributed by atoms with Crippen molar-refractivity contribution in [1.82, 2.24) is 0 Å². The molecule has 2 N–H and O–H groups in total. The Balaban J connectivity index is 2.98. The van der Waals surface area contributed by atoms with E-state index in [2.05, 4.69) is 25.7 Å². The third kappa shape index (κ3) is 3.48. The van der Waals surface area contributed by atoms with Crippen LogP contribution in [0.3, 0.4) is 0 Å². The Labute approximate surface area is 104 Å². The van der Waals surface area contributed by atoms with Gasteiger partial charge in [-0.25, -0.2) is 0 Å². The molecule has 1 rings (SSSR count). The average molecular weight is 234 g/mol. The fourth-order valence-electron chi connectivity index (χ4n) is 1.93. The molecule has 94 valence electrons. The second kappa shape index (κ2) is 5.71. The average Bonchev–Trinajstić information content (AvgIpc) is 2.24. The van der Waals surface area contributed by atoms with Crippen LogP contribution in [0.1, 0.15) is 38.1 Å². The summed E-state index contributed by atoms with van der Waals surface area (Å²) in [6, 6.07) is 5.68. The highest BCUT2D eigenvalue weighted by molar-refractivity contribution is 5.99. The zero-order valence-electron chi connectivity index (χ0n) is 11.2. The predicted octanol–water partition coefficient (Wildman–Crippen LogP) is 2.95. The van der Waals surface area contributed by atoms with Crippen LogP contribution in [-0.4, -0.2) is 18.9 Å². The molecule has 0 aliphatic heterocycles. The van der Waals surface area contributed by atoms with Gasteiger partial charge in [-0.2, -0.15) is 0 Å². The molecule has 0 aromatic heterocycles. The van der Waals surface area contributed by atoms with Crippen LogP contribution in [0, 0.1) is 5.92 Å². The lowest BCUT2D eigenvalue weighted by Crippen LogP contribution is -2.27. The van der Waals surface area contributed by atoms with Gasteiger partial charge in [0, 0.05) is 30.0 Å². The lowest BCUT2D eigenvalue weighted by atomic mass is 10.1. The molecule has 0 saturated carbocycles. The Morgan fingerprint density at radius 2 is 2.06 bits per heavy atom. The van der Waals surface area contributed by atoms with Gasteiger partial charge in [0.2, 0.25) is 0 Å². The molecular weight excluding hydrogens is 212 g/mol. The Morgan fingerprint density at radius 3 is 2.47 bits per heavy atom. The van der Waals surface area contributed by atoms with Crippen LogP contribution in [0.4, 0.5) is 11.4 Å². The third-order valence-corrected chi connectivity index (χ3v) is 2.75. The number of nitrogens with zero attached hydrogens (tertiary/aromatic N) is 1. The number of ketones is 1. The summed E-state index contributed by atoms with van der Waals surface area (Å²) in [6.07, 6.45) is 0. The van der Waals surface area contributed by atoms with E-state index in [-0.39, 0.29) is 5.78 Å². The predicted molar refractivity (Wildman–Crippen MR) is 73.6 cm³/mol. The number of carbonyl (C=O) groups is 1. The quantitative estimate of drug-likeness (QED) is 0.629. The summed E-state index contributed by atoms with van der Waals surface area (Å²) in [6.45, 7) is 9.98. The molecule has 1 aromatic rings. The summed E-state index contributed by atoms with van der Waals surface area (Å²) in [5.41, 5.74) is 8.16. The van der Waals surface area contributed by atoms with Crippen LogP contribution < -0.4 is 10.6 Å². The largest absolute Gasteiger partial charge is 0.398 e. The number of Topliss-reactive ketones (excluding diaryl/α,β-unsaturated/α-hetero) is 1. The van der Waals surface area contributed by atoms with Crippen LogP contribution in [-0.2, 0) is 0 Å². The van der Waals surface area contributed by atoms with Gasteiger partial charge < -0.3 is 10.6 Å². The van der Waals surface area contributed by atoms with Crippen LogP contribution in [0.2, 0.25) is 0 Å². The highest BCUT2D eigenvalue weighted by Crippen LogP contribution is 2.22. The minimum Gasteiger partial charge on any atom is -0.398 e. The van der Waals surface area contributed by atoms with E-state index in [4.69, 9.17) is 5.73 Å². The molecule has 0 amide bonds. The second-order valence-electron chi connectivity index (χ2n) is 4.76. The van der Waals surface area contributed by atoms with E-state index in [1.165, 1.54) is 6.92 Å². The Morgan fingerprint density at radius 1 is 1.41 bits per heavy atom. The number of nitrogen functional groups attached to an aromatic ring is 1. The zero-order chi connectivity index (χ0) is 13.0. The summed E-state index contributed by atoms with van der Waals surface area (Å²) >= 11 is 0. The molecule has 0 aliphatic carbocycles. The second-order valence-corrected chi connectivity index (χ2v) is 4.76. The smallest absolute Gasteiger partial charge is 0.161 e. The molecule has 0 heterocycles. The van der Waals surface area contributed by atoms with Crippen molar-refractivity contribution in [3.8, 4) is 0 Å². The maximum absolute atomic E-state index is 11.3. The minimum absolute atomic E-state index is 0.0148. The maximum atomic E-state index is 11.3. The third-order valence-electron chi connectivity index (χ3n) is 2.75. The van der Waals surface area contributed by atoms with Crippen LogP contribution in [0.15, 0.2) is 18.2 Å². The number of hydrogen-bond donors (Lipinski definition) is 1. The summed E-state index contributed by atoms with van der Waals surface area (Å²) < 4.78 is 0. The molecule has 0 unspecified atom stereocenters. The molecule has 3 nitrogen and oxygen atoms in total. The van der Waals surface area contributed by atoms with Gasteiger partial charge >= 0.3 is 0 Å². The summed E-state index contributed by atoms with van der Waals surface area (Å²) in [4.78, 5) is 13.6. The van der Waals surface area contributed by atoms with E-state index in [1.54, 1.807) is 0 Å². The van der Waals surface area contributed by atoms with Crippen molar-refractivity contribution in [2.24, 2.45) is 5.92 Å². The lowest BCUT2D eigenvalue weighted by Gasteiger charge is -2.25. The minimum atomic E-state index is 0.0148. The number of nitrogens with two attached hydrogens (primary N) is 1. The molecule has 0 spiro atoms. The van der Waals surface area contributed by atoms with Crippen LogP contribution >= 0.6 is 0 Å². The number of carbonyl (C=O) groups excluding carboxylic acids is 1. The highest BCUT2D eigenvalue weighted by Gasteiger charge is 2.10. The molecule has 0 bridgehead atoms. The molecule has 0 aliphatic rings. The Bertz CT molecular complexity index is 399. The van der Waals surface area contributed by atoms with Gasteiger partial charge in [0.1, 0.15) is 0 Å². The highest BCUT2D eigenvalue weighted by atomic mass is 16.1. The first-order valence-corrected chi connectivity index (χ1v) is 6.11. The first-order chi connectivity index (χ1) is 7.95. The van der Waals surface area contributed by atoms with Crippen molar-refractivity contribution in [3.05, 3.63) is 23.8 Å². The molecule has 0 fully saturated rings. The number of anilines is 2. The van der Waals surface area contributed by atoms with Crippen molar-refractivity contribution in [2.45, 2.75) is 27.7 Å². The molecule has 0 saturated heterocycles. The van der Waals surface area contributed by atoms with Crippen LogP contribution in [0.5, 0.6) is 0 Å². The van der Waals surface area contributed by atoms with Gasteiger partial charge in [-0.05, 0) is 38.0 Å². The summed E-state index contributed by atoms with van der Waals surface area (Å²) in [5, 5.41) is 0. The summed E-state index contributed by atoms with van der Waals surface area (Å²) in [5.74, 6) is 0.615. The number of hydrogen-bond acceptors (Lipinski definition) is 3.